The van der Waals surface area contributed by atoms with E-state index in [0.29, 0.717) is 6.42 Å². The molecule has 0 saturated heterocycles. The maximum Gasteiger partial charge on any atom is 0.309 e. The van der Waals surface area contributed by atoms with Crippen LogP contribution in [0.5, 0.6) is 0 Å². The van der Waals surface area contributed by atoms with Crippen LogP contribution in [0.15, 0.2) is 88.7 Å². The molecule has 0 aliphatic heterocycles. The zero-order valence-electron chi connectivity index (χ0n) is 13.4. The van der Waals surface area contributed by atoms with E-state index >= 15 is 0 Å². The number of carbonyl (C=O) groups excluding carboxylic acids is 1. The molecule has 0 saturated carbocycles. The molecule has 24 heavy (non-hydrogen) atoms. The van der Waals surface area contributed by atoms with E-state index in [-0.39, 0.29) is 5.97 Å². The van der Waals surface area contributed by atoms with Gasteiger partial charge in [0.25, 0.3) is 0 Å². The van der Waals surface area contributed by atoms with Crippen LogP contribution in [0.3, 0.4) is 0 Å². The van der Waals surface area contributed by atoms with E-state index < -0.39 is 0 Å². The summed E-state index contributed by atoms with van der Waals surface area (Å²) in [6, 6.07) is 26.8. The number of ether oxygens (including phenoxy) is 1. The lowest BCUT2D eigenvalue weighted by molar-refractivity contribution is -0.139. The van der Waals surface area contributed by atoms with Gasteiger partial charge < -0.3 is 4.74 Å². The molecule has 0 N–H and O–H groups in total. The summed E-state index contributed by atoms with van der Waals surface area (Å²) in [5.41, 5.74) is 3.40. The predicted molar refractivity (Wildman–Crippen MR) is 98.2 cm³/mol. The third-order valence-electron chi connectivity index (χ3n) is 3.70. The quantitative estimate of drug-likeness (QED) is 0.598. The maximum atomic E-state index is 11.3. The lowest BCUT2D eigenvalue weighted by atomic mass is 10.1. The van der Waals surface area contributed by atoms with Gasteiger partial charge in [-0.3, -0.25) is 4.79 Å². The van der Waals surface area contributed by atoms with Gasteiger partial charge in [-0.1, -0.05) is 72.4 Å². The zero-order chi connectivity index (χ0) is 16.8. The fraction of sp³-hybridized carbons (Fsp3) is 0.0952. The van der Waals surface area contributed by atoms with Crippen molar-refractivity contribution in [2.75, 3.05) is 7.11 Å². The van der Waals surface area contributed by atoms with E-state index in [9.17, 15) is 4.79 Å². The Hall–Kier alpha value is -2.52. The summed E-state index contributed by atoms with van der Waals surface area (Å²) in [7, 11) is 1.41. The van der Waals surface area contributed by atoms with E-state index in [1.807, 2.05) is 30.3 Å². The highest BCUT2D eigenvalue weighted by Gasteiger charge is 2.07. The summed E-state index contributed by atoms with van der Waals surface area (Å²) in [5, 5.41) is 0. The largest absolute Gasteiger partial charge is 0.469 e. The van der Waals surface area contributed by atoms with E-state index in [4.69, 9.17) is 4.74 Å². The third-order valence-corrected chi connectivity index (χ3v) is 4.78. The van der Waals surface area contributed by atoms with Crippen LogP contribution in [0.4, 0.5) is 0 Å². The third kappa shape index (κ3) is 4.06. The van der Waals surface area contributed by atoms with Crippen LogP contribution >= 0.6 is 11.8 Å². The summed E-state index contributed by atoms with van der Waals surface area (Å²) in [6.45, 7) is 0. The van der Waals surface area contributed by atoms with Crippen molar-refractivity contribution in [3.05, 3.63) is 84.4 Å². The molecule has 0 fully saturated rings. The fourth-order valence-corrected chi connectivity index (χ4v) is 3.42. The fourth-order valence-electron chi connectivity index (χ4n) is 2.45. The van der Waals surface area contributed by atoms with Crippen molar-refractivity contribution in [3.8, 4) is 11.1 Å². The molecule has 2 nitrogen and oxygen atoms in total. The topological polar surface area (TPSA) is 26.3 Å². The molecule has 0 aromatic heterocycles. The Morgan fingerprint density at radius 2 is 1.54 bits per heavy atom. The Labute approximate surface area is 146 Å². The molecule has 0 unspecified atom stereocenters. The van der Waals surface area contributed by atoms with Gasteiger partial charge in [0.1, 0.15) is 0 Å². The van der Waals surface area contributed by atoms with Gasteiger partial charge >= 0.3 is 5.97 Å². The van der Waals surface area contributed by atoms with Crippen LogP contribution in [0.2, 0.25) is 0 Å². The van der Waals surface area contributed by atoms with E-state index in [0.717, 1.165) is 10.5 Å². The Kier molecular flexibility index (Phi) is 5.34. The van der Waals surface area contributed by atoms with Crippen LogP contribution < -0.4 is 0 Å². The molecule has 0 spiro atoms. The monoisotopic (exact) mass is 334 g/mol. The number of carbonyl (C=O) groups is 1. The van der Waals surface area contributed by atoms with Crippen LogP contribution in [-0.4, -0.2) is 13.1 Å². The molecule has 120 valence electrons. The molecule has 3 heteroatoms. The van der Waals surface area contributed by atoms with Gasteiger partial charge in [0.15, 0.2) is 0 Å². The van der Waals surface area contributed by atoms with Gasteiger partial charge in [0.05, 0.1) is 13.5 Å². The smallest absolute Gasteiger partial charge is 0.309 e. The molecule has 3 rings (SSSR count). The first-order valence-corrected chi connectivity index (χ1v) is 8.56. The molecule has 0 radical (unpaired) electrons. The Balaban J connectivity index is 1.81. The minimum Gasteiger partial charge on any atom is -0.469 e. The number of rotatable bonds is 5. The Morgan fingerprint density at radius 1 is 0.875 bits per heavy atom. The summed E-state index contributed by atoms with van der Waals surface area (Å²) < 4.78 is 4.70. The van der Waals surface area contributed by atoms with Crippen LogP contribution in [0.1, 0.15) is 5.56 Å². The molecule has 0 amide bonds. The van der Waals surface area contributed by atoms with Crippen molar-refractivity contribution in [3.63, 3.8) is 0 Å². The summed E-state index contributed by atoms with van der Waals surface area (Å²) in [4.78, 5) is 13.7. The van der Waals surface area contributed by atoms with Crippen LogP contribution in [0, 0.1) is 0 Å². The van der Waals surface area contributed by atoms with Crippen molar-refractivity contribution < 1.29 is 9.53 Å². The molecule has 0 heterocycles. The van der Waals surface area contributed by atoms with Gasteiger partial charge in [-0.2, -0.15) is 0 Å². The molecule has 0 aliphatic rings. The number of hydrogen-bond donors (Lipinski definition) is 0. The SMILES string of the molecule is COC(=O)Cc1ccc(Sc2ccccc2-c2ccccc2)cc1. The van der Waals surface area contributed by atoms with Crippen LogP contribution in [0.25, 0.3) is 11.1 Å². The molecule has 3 aromatic rings. The predicted octanol–water partition coefficient (Wildman–Crippen LogP) is 5.22. The minimum atomic E-state index is -0.218. The standard InChI is InChI=1S/C21H18O2S/c1-23-21(22)15-16-11-13-18(14-12-16)24-20-10-6-5-9-19(20)17-7-3-2-4-8-17/h2-14H,15H2,1H3. The minimum absolute atomic E-state index is 0.218. The van der Waals surface area contributed by atoms with E-state index in [1.165, 1.54) is 23.1 Å². The summed E-state index contributed by atoms with van der Waals surface area (Å²) >= 11 is 1.73. The van der Waals surface area contributed by atoms with Gasteiger partial charge in [-0.15, -0.1) is 0 Å². The van der Waals surface area contributed by atoms with Crippen molar-refractivity contribution in [1.29, 1.82) is 0 Å². The Morgan fingerprint density at radius 3 is 2.25 bits per heavy atom. The molecular formula is C21H18O2S. The van der Waals surface area contributed by atoms with Gasteiger partial charge in [-0.25, -0.2) is 0 Å². The molecule has 0 bridgehead atoms. The van der Waals surface area contributed by atoms with Crippen molar-refractivity contribution in [2.45, 2.75) is 16.2 Å². The maximum absolute atomic E-state index is 11.3. The number of benzene rings is 3. The molecule has 0 atom stereocenters. The van der Waals surface area contributed by atoms with Crippen LogP contribution in [-0.2, 0) is 16.0 Å². The normalized spacial score (nSPS) is 10.4. The average Bonchev–Trinajstić information content (AvgIpc) is 2.64. The second-order valence-electron chi connectivity index (χ2n) is 5.36. The van der Waals surface area contributed by atoms with Crippen molar-refractivity contribution >= 4 is 17.7 Å². The van der Waals surface area contributed by atoms with Gasteiger partial charge in [0.2, 0.25) is 0 Å². The van der Waals surface area contributed by atoms with Gasteiger partial charge in [0, 0.05) is 9.79 Å². The zero-order valence-corrected chi connectivity index (χ0v) is 14.3. The lowest BCUT2D eigenvalue weighted by Crippen LogP contribution is -2.03. The van der Waals surface area contributed by atoms with Gasteiger partial charge in [-0.05, 0) is 34.9 Å². The first-order valence-electron chi connectivity index (χ1n) is 7.74. The summed E-state index contributed by atoms with van der Waals surface area (Å²) in [6.07, 6.45) is 0.308. The first-order chi connectivity index (χ1) is 11.8. The number of esters is 1. The first kappa shape index (κ1) is 16.3. The van der Waals surface area contributed by atoms with E-state index in [1.54, 1.807) is 11.8 Å². The second kappa shape index (κ2) is 7.84. The second-order valence-corrected chi connectivity index (χ2v) is 6.48. The molecule has 0 aliphatic carbocycles. The van der Waals surface area contributed by atoms with Crippen molar-refractivity contribution in [2.24, 2.45) is 0 Å². The lowest BCUT2D eigenvalue weighted by Gasteiger charge is -2.10. The number of hydrogen-bond acceptors (Lipinski definition) is 3. The number of methoxy groups -OCH3 is 1. The highest BCUT2D eigenvalue weighted by molar-refractivity contribution is 7.99. The summed E-state index contributed by atoms with van der Waals surface area (Å²) in [5.74, 6) is -0.218. The molecular weight excluding hydrogens is 316 g/mol. The van der Waals surface area contributed by atoms with E-state index in [2.05, 4.69) is 48.5 Å². The molecule has 3 aromatic carbocycles. The average molecular weight is 334 g/mol. The van der Waals surface area contributed by atoms with Crippen molar-refractivity contribution in [1.82, 2.24) is 0 Å². The highest BCUT2D eigenvalue weighted by Crippen LogP contribution is 2.35. The Bertz CT molecular complexity index is 811. The highest BCUT2D eigenvalue weighted by atomic mass is 32.2.